The minimum Gasteiger partial charge on any atom is -0.338 e. The van der Waals surface area contributed by atoms with Crippen LogP contribution in [-0.2, 0) is 5.92 Å². The number of aryl methyl sites for hydroxylation is 1. The van der Waals surface area contributed by atoms with Crippen molar-refractivity contribution in [1.82, 2.24) is 24.9 Å². The zero-order chi connectivity index (χ0) is 19.4. The van der Waals surface area contributed by atoms with Gasteiger partial charge in [-0.3, -0.25) is 0 Å². The molecule has 0 bridgehead atoms. The lowest BCUT2D eigenvalue weighted by molar-refractivity contribution is -0.289. The largest absolute Gasteiger partial charge is 0.458 e. The summed E-state index contributed by atoms with van der Waals surface area (Å²) in [5.74, 6) is -4.12. The Morgan fingerprint density at radius 1 is 1.04 bits per heavy atom. The standard InChI is InChI=1S/C16H15F5N6/c1-9-23-13-11-8-10(15(17,18)16(19,20)21)2-3-12(11)24-14(27(13)25-9)26-6-4-22-5-7-26/h2-3,8,22H,4-7H2,1H3. The van der Waals surface area contributed by atoms with Gasteiger partial charge in [-0.05, 0) is 19.1 Å². The first-order valence-corrected chi connectivity index (χ1v) is 8.26. The highest BCUT2D eigenvalue weighted by Crippen LogP contribution is 2.44. The van der Waals surface area contributed by atoms with E-state index < -0.39 is 17.7 Å². The van der Waals surface area contributed by atoms with E-state index in [0.29, 0.717) is 24.9 Å². The van der Waals surface area contributed by atoms with E-state index >= 15 is 0 Å². The summed E-state index contributed by atoms with van der Waals surface area (Å²) in [4.78, 5) is 10.7. The lowest BCUT2D eigenvalue weighted by Gasteiger charge is -2.28. The van der Waals surface area contributed by atoms with Crippen LogP contribution in [0.2, 0.25) is 0 Å². The number of nitrogens with one attached hydrogen (secondary N) is 1. The highest BCUT2D eigenvalue weighted by Gasteiger charge is 2.58. The molecule has 0 atom stereocenters. The Hall–Kier alpha value is -2.56. The van der Waals surface area contributed by atoms with Gasteiger partial charge in [-0.2, -0.15) is 26.5 Å². The average molecular weight is 386 g/mol. The van der Waals surface area contributed by atoms with Gasteiger partial charge in [0.1, 0.15) is 5.82 Å². The van der Waals surface area contributed by atoms with E-state index in [9.17, 15) is 22.0 Å². The van der Waals surface area contributed by atoms with Crippen LogP contribution in [0.3, 0.4) is 0 Å². The molecule has 4 rings (SSSR count). The molecule has 1 fully saturated rings. The van der Waals surface area contributed by atoms with Crippen molar-refractivity contribution in [1.29, 1.82) is 0 Å². The van der Waals surface area contributed by atoms with E-state index in [1.54, 1.807) is 6.92 Å². The molecule has 1 aromatic carbocycles. The van der Waals surface area contributed by atoms with Crippen molar-refractivity contribution in [2.24, 2.45) is 0 Å². The zero-order valence-electron chi connectivity index (χ0n) is 14.2. The predicted molar refractivity (Wildman–Crippen MR) is 88.1 cm³/mol. The molecule has 1 aliphatic rings. The van der Waals surface area contributed by atoms with Gasteiger partial charge >= 0.3 is 12.1 Å². The maximum Gasteiger partial charge on any atom is 0.458 e. The monoisotopic (exact) mass is 386 g/mol. The number of piperazine rings is 1. The topological polar surface area (TPSA) is 58.4 Å². The molecule has 0 saturated carbocycles. The first-order chi connectivity index (χ1) is 12.7. The number of halogens is 5. The summed E-state index contributed by atoms with van der Waals surface area (Å²) in [5, 5.41) is 7.55. The van der Waals surface area contributed by atoms with Gasteiger partial charge in [-0.1, -0.05) is 6.07 Å². The van der Waals surface area contributed by atoms with Crippen LogP contribution >= 0.6 is 0 Å². The SMILES string of the molecule is Cc1nc2c3cc(C(F)(F)C(F)(F)F)ccc3nc(N3CCNCC3)n2n1. The lowest BCUT2D eigenvalue weighted by Crippen LogP contribution is -2.44. The zero-order valence-corrected chi connectivity index (χ0v) is 14.2. The molecule has 3 aromatic rings. The third-order valence-corrected chi connectivity index (χ3v) is 4.48. The van der Waals surface area contributed by atoms with Gasteiger partial charge in [0.25, 0.3) is 0 Å². The van der Waals surface area contributed by atoms with Crippen LogP contribution in [0.4, 0.5) is 27.9 Å². The summed E-state index contributed by atoms with van der Waals surface area (Å²) in [5.41, 5.74) is -0.669. The summed E-state index contributed by atoms with van der Waals surface area (Å²) in [6, 6.07) is 2.71. The van der Waals surface area contributed by atoms with Crippen LogP contribution in [0.5, 0.6) is 0 Å². The fraction of sp³-hybridized carbons (Fsp3) is 0.438. The van der Waals surface area contributed by atoms with Gasteiger partial charge in [0.05, 0.1) is 5.52 Å². The van der Waals surface area contributed by atoms with E-state index in [1.807, 2.05) is 4.90 Å². The first kappa shape index (κ1) is 17.8. The van der Waals surface area contributed by atoms with Crippen molar-refractivity contribution < 1.29 is 22.0 Å². The molecule has 0 unspecified atom stereocenters. The number of benzene rings is 1. The number of anilines is 1. The molecule has 1 N–H and O–H groups in total. The number of hydrogen-bond acceptors (Lipinski definition) is 5. The molecule has 6 nitrogen and oxygen atoms in total. The highest BCUT2D eigenvalue weighted by molar-refractivity contribution is 5.93. The molecule has 11 heteroatoms. The lowest BCUT2D eigenvalue weighted by atomic mass is 10.1. The third kappa shape index (κ3) is 2.85. The van der Waals surface area contributed by atoms with Crippen molar-refractivity contribution in [2.45, 2.75) is 19.0 Å². The molecule has 0 radical (unpaired) electrons. The van der Waals surface area contributed by atoms with Crippen molar-refractivity contribution in [3.63, 3.8) is 0 Å². The summed E-state index contributed by atoms with van der Waals surface area (Å²) in [7, 11) is 0. The Morgan fingerprint density at radius 3 is 2.41 bits per heavy atom. The molecule has 27 heavy (non-hydrogen) atoms. The number of nitrogens with zero attached hydrogens (tertiary/aromatic N) is 5. The van der Waals surface area contributed by atoms with Crippen LogP contribution in [0.25, 0.3) is 16.6 Å². The molecule has 2 aromatic heterocycles. The van der Waals surface area contributed by atoms with Crippen LogP contribution in [0.15, 0.2) is 18.2 Å². The van der Waals surface area contributed by atoms with Gasteiger partial charge in [0, 0.05) is 37.1 Å². The van der Waals surface area contributed by atoms with E-state index in [0.717, 1.165) is 25.2 Å². The van der Waals surface area contributed by atoms with Crippen molar-refractivity contribution >= 4 is 22.5 Å². The first-order valence-electron chi connectivity index (χ1n) is 8.26. The summed E-state index contributed by atoms with van der Waals surface area (Å²) in [6.07, 6.45) is -5.69. The Bertz CT molecular complexity index is 1010. The molecule has 3 heterocycles. The van der Waals surface area contributed by atoms with Crippen LogP contribution in [-0.4, -0.2) is 51.9 Å². The second-order valence-corrected chi connectivity index (χ2v) is 6.35. The second kappa shape index (κ2) is 5.98. The average Bonchev–Trinajstić information content (AvgIpc) is 3.02. The van der Waals surface area contributed by atoms with Crippen molar-refractivity contribution in [2.75, 3.05) is 31.1 Å². The fourth-order valence-corrected chi connectivity index (χ4v) is 3.13. The number of aromatic nitrogens is 4. The minimum absolute atomic E-state index is 0.0934. The predicted octanol–water partition coefficient (Wildman–Crippen LogP) is 2.65. The summed E-state index contributed by atoms with van der Waals surface area (Å²) >= 11 is 0. The molecule has 0 aliphatic carbocycles. The van der Waals surface area contributed by atoms with Crippen LogP contribution < -0.4 is 10.2 Å². The number of rotatable bonds is 2. The quantitative estimate of drug-likeness (QED) is 0.687. The maximum atomic E-state index is 13.8. The Balaban J connectivity index is 1.94. The fourth-order valence-electron chi connectivity index (χ4n) is 3.13. The maximum absolute atomic E-state index is 13.8. The number of fused-ring (bicyclic) bond motifs is 3. The van der Waals surface area contributed by atoms with Crippen molar-refractivity contribution in [3.8, 4) is 0 Å². The van der Waals surface area contributed by atoms with Gasteiger partial charge < -0.3 is 10.2 Å². The Kier molecular flexibility index (Phi) is 3.95. The number of alkyl halides is 5. The number of hydrogen-bond donors (Lipinski definition) is 1. The molecular formula is C16H15F5N6. The molecule has 0 amide bonds. The Labute approximate surface area is 150 Å². The summed E-state index contributed by atoms with van der Waals surface area (Å²) < 4.78 is 67.1. The van der Waals surface area contributed by atoms with E-state index in [4.69, 9.17) is 0 Å². The highest BCUT2D eigenvalue weighted by atomic mass is 19.4. The van der Waals surface area contributed by atoms with Gasteiger partial charge in [0.15, 0.2) is 5.65 Å². The molecule has 1 saturated heterocycles. The smallest absolute Gasteiger partial charge is 0.338 e. The summed E-state index contributed by atoms with van der Waals surface area (Å²) in [6.45, 7) is 4.43. The molecule has 0 spiro atoms. The molecular weight excluding hydrogens is 371 g/mol. The second-order valence-electron chi connectivity index (χ2n) is 6.35. The third-order valence-electron chi connectivity index (χ3n) is 4.48. The van der Waals surface area contributed by atoms with E-state index in [1.165, 1.54) is 10.6 Å². The normalized spacial score (nSPS) is 16.4. The van der Waals surface area contributed by atoms with E-state index in [-0.39, 0.29) is 16.6 Å². The van der Waals surface area contributed by atoms with Gasteiger partial charge in [-0.15, -0.1) is 5.10 Å². The van der Waals surface area contributed by atoms with Gasteiger partial charge in [-0.25, -0.2) is 9.97 Å². The Morgan fingerprint density at radius 2 is 1.74 bits per heavy atom. The van der Waals surface area contributed by atoms with Crippen LogP contribution in [0.1, 0.15) is 11.4 Å². The van der Waals surface area contributed by atoms with Gasteiger partial charge in [0.2, 0.25) is 5.95 Å². The minimum atomic E-state index is -5.69. The molecule has 1 aliphatic heterocycles. The van der Waals surface area contributed by atoms with Crippen LogP contribution in [0, 0.1) is 6.92 Å². The molecule has 144 valence electrons. The van der Waals surface area contributed by atoms with E-state index in [2.05, 4.69) is 20.4 Å². The van der Waals surface area contributed by atoms with Crippen molar-refractivity contribution in [3.05, 3.63) is 29.6 Å².